The highest BCUT2D eigenvalue weighted by molar-refractivity contribution is 6.79. The number of quaternary nitrogens is 1. The highest BCUT2D eigenvalue weighted by Crippen LogP contribution is 2.51. The average Bonchev–Trinajstić information content (AvgIpc) is 2.90. The molecule has 2 aliphatic heterocycles. The molecule has 0 radical (unpaired) electrons. The number of carbonyl (C=O) groups excluding carboxylic acids is 2. The van der Waals surface area contributed by atoms with Gasteiger partial charge < -0.3 is 13.7 Å². The maximum atomic E-state index is 14.3. The third-order valence-corrected chi connectivity index (χ3v) is 7.09. The van der Waals surface area contributed by atoms with Crippen molar-refractivity contribution in [3.05, 3.63) is 54.1 Å². The summed E-state index contributed by atoms with van der Waals surface area (Å²) in [7, 11) is 1.78. The molecule has 152 valence electrons. The maximum absolute atomic E-state index is 14.3. The lowest BCUT2D eigenvalue weighted by Crippen LogP contribution is -2.77. The first kappa shape index (κ1) is 19.6. The molecule has 5 nitrogen and oxygen atoms in total. The third-order valence-electron chi connectivity index (χ3n) is 7.09. The molecule has 29 heavy (non-hydrogen) atoms. The lowest BCUT2D eigenvalue weighted by atomic mass is 9.57. The van der Waals surface area contributed by atoms with Crippen LogP contribution in [-0.2, 0) is 18.9 Å². The fourth-order valence-electron chi connectivity index (χ4n) is 4.83. The molecule has 4 rings (SSSR count). The zero-order valence-electron chi connectivity index (χ0n) is 17.0. The molecule has 0 aliphatic carbocycles. The normalized spacial score (nSPS) is 29.3. The molecule has 0 N–H and O–H groups in total. The summed E-state index contributed by atoms with van der Waals surface area (Å²) < 4.78 is 39.2. The van der Waals surface area contributed by atoms with Crippen molar-refractivity contribution in [1.29, 1.82) is 0 Å². The summed E-state index contributed by atoms with van der Waals surface area (Å²) in [5, 5.41) is 0. The monoisotopic (exact) mass is 401 g/mol. The van der Waals surface area contributed by atoms with Crippen molar-refractivity contribution in [3.63, 3.8) is 0 Å². The Balaban J connectivity index is 1.95. The number of nitrogens with zero attached hydrogens (tertiary/aromatic N) is 1. The van der Waals surface area contributed by atoms with E-state index in [2.05, 4.69) is 0 Å². The largest absolute Gasteiger partial charge is 0.615 e. The molecule has 2 heterocycles. The highest BCUT2D eigenvalue weighted by atomic mass is 19.1. The van der Waals surface area contributed by atoms with Gasteiger partial charge in [0.25, 0.3) is 0 Å². The van der Waals surface area contributed by atoms with Gasteiger partial charge >= 0.3 is 18.6 Å². The minimum absolute atomic E-state index is 0.0903. The van der Waals surface area contributed by atoms with Gasteiger partial charge in [-0.2, -0.15) is 0 Å². The van der Waals surface area contributed by atoms with Crippen molar-refractivity contribution in [2.24, 2.45) is 0 Å². The molecule has 0 bridgehead atoms. The van der Waals surface area contributed by atoms with Gasteiger partial charge in [0.2, 0.25) is 0 Å². The summed E-state index contributed by atoms with van der Waals surface area (Å²) in [6.07, 6.45) is 0. The summed E-state index contributed by atoms with van der Waals surface area (Å²) in [6.45, 7) is 4.34. The standard InChI is InChI=1S/C21H22BF2NO4/c1-20(2)18(26)28-22(25(20,5)21(3,4)19(27)29-22)14-8-6-7-13(11-14)16-10-9-15(23)12-17(16)24/h6-12H,1-5H3. The second-order valence-electron chi connectivity index (χ2n) is 8.93. The summed E-state index contributed by atoms with van der Waals surface area (Å²) in [5.41, 5.74) is -0.975. The summed E-state index contributed by atoms with van der Waals surface area (Å²) >= 11 is 0. The van der Waals surface area contributed by atoms with Gasteiger partial charge in [0, 0.05) is 18.7 Å². The molecule has 2 aromatic rings. The molecule has 2 aliphatic rings. The quantitative estimate of drug-likeness (QED) is 0.727. The summed E-state index contributed by atoms with van der Waals surface area (Å²) in [5.74, 6) is -2.33. The van der Waals surface area contributed by atoms with Gasteiger partial charge in [-0.05, 0) is 50.9 Å². The van der Waals surface area contributed by atoms with Gasteiger partial charge in [0.1, 0.15) is 11.6 Å². The first-order chi connectivity index (χ1) is 13.4. The second-order valence-corrected chi connectivity index (χ2v) is 8.93. The highest BCUT2D eigenvalue weighted by Gasteiger charge is 2.80. The first-order valence-corrected chi connectivity index (χ1v) is 9.42. The molecule has 0 amide bonds. The Hall–Kier alpha value is -2.74. The molecule has 0 spiro atoms. The van der Waals surface area contributed by atoms with Crippen LogP contribution in [0.4, 0.5) is 8.78 Å². The molecular formula is C21H22BF2NO4. The van der Waals surface area contributed by atoms with Crippen LogP contribution in [0.1, 0.15) is 27.7 Å². The Morgan fingerprint density at radius 1 is 0.897 bits per heavy atom. The summed E-state index contributed by atoms with van der Waals surface area (Å²) in [6, 6.07) is 10.0. The number of fused-ring (bicyclic) bond motifs is 1. The van der Waals surface area contributed by atoms with E-state index in [1.165, 1.54) is 12.1 Å². The van der Waals surface area contributed by atoms with Crippen molar-refractivity contribution in [2.45, 2.75) is 38.8 Å². The molecular weight excluding hydrogens is 379 g/mol. The van der Waals surface area contributed by atoms with Crippen molar-refractivity contribution in [3.8, 4) is 11.1 Å². The van der Waals surface area contributed by atoms with Crippen LogP contribution >= 0.6 is 0 Å². The lowest BCUT2D eigenvalue weighted by molar-refractivity contribution is -0.885. The second kappa shape index (κ2) is 5.66. The Kier molecular flexibility index (Phi) is 3.82. The molecule has 2 saturated heterocycles. The van der Waals surface area contributed by atoms with Crippen LogP contribution in [0.15, 0.2) is 42.5 Å². The van der Waals surface area contributed by atoms with Crippen molar-refractivity contribution in [2.75, 3.05) is 7.05 Å². The predicted octanol–water partition coefficient (Wildman–Crippen LogP) is 2.90. The Bertz CT molecular complexity index is 1040. The van der Waals surface area contributed by atoms with Crippen LogP contribution in [0, 0.1) is 11.6 Å². The van der Waals surface area contributed by atoms with E-state index in [9.17, 15) is 18.4 Å². The van der Waals surface area contributed by atoms with Gasteiger partial charge in [-0.3, -0.25) is 0 Å². The van der Waals surface area contributed by atoms with Gasteiger partial charge in [0.05, 0.1) is 0 Å². The molecule has 0 saturated carbocycles. The van der Waals surface area contributed by atoms with E-state index < -0.39 is 41.3 Å². The molecule has 0 atom stereocenters. The van der Waals surface area contributed by atoms with E-state index in [1.54, 1.807) is 59.0 Å². The van der Waals surface area contributed by atoms with Gasteiger partial charge in [0.15, 0.2) is 11.1 Å². The van der Waals surface area contributed by atoms with E-state index in [-0.39, 0.29) is 9.96 Å². The van der Waals surface area contributed by atoms with Crippen molar-refractivity contribution in [1.82, 2.24) is 0 Å². The van der Waals surface area contributed by atoms with Gasteiger partial charge in [-0.25, -0.2) is 18.4 Å². The van der Waals surface area contributed by atoms with Crippen LogP contribution in [0.2, 0.25) is 0 Å². The molecule has 2 aromatic carbocycles. The van der Waals surface area contributed by atoms with Crippen molar-refractivity contribution >= 4 is 24.1 Å². The zero-order valence-corrected chi connectivity index (χ0v) is 17.0. The first-order valence-electron chi connectivity index (χ1n) is 9.42. The summed E-state index contributed by atoms with van der Waals surface area (Å²) in [4.78, 5) is 25.6. The third kappa shape index (κ3) is 2.18. The van der Waals surface area contributed by atoms with E-state index in [1.807, 2.05) is 0 Å². The number of carbonyl (C=O) groups is 2. The molecule has 0 aromatic heterocycles. The number of halogens is 2. The number of likely N-dealkylation sites (N-methyl/N-ethyl adjacent to an activating group) is 1. The maximum Gasteiger partial charge on any atom is 0.615 e. The van der Waals surface area contributed by atoms with Crippen molar-refractivity contribution < 1.29 is 32.1 Å². The van der Waals surface area contributed by atoms with Crippen LogP contribution in [0.5, 0.6) is 0 Å². The topological polar surface area (TPSA) is 52.6 Å². The van der Waals surface area contributed by atoms with Crippen LogP contribution in [0.25, 0.3) is 11.1 Å². The lowest BCUT2D eigenvalue weighted by Gasteiger charge is -2.54. The minimum atomic E-state index is -2.58. The predicted molar refractivity (Wildman–Crippen MR) is 104 cm³/mol. The Labute approximate surface area is 167 Å². The SMILES string of the molecule is CC1(C)C(=O)O[B-]2(c3cccc(-c4ccc(F)cc4F)c3)OC(=O)C(C)(C)[N+]21C. The average molecular weight is 401 g/mol. The number of rotatable bonds is 2. The number of benzene rings is 2. The molecule has 8 heteroatoms. The fourth-order valence-corrected chi connectivity index (χ4v) is 4.83. The smallest absolute Gasteiger partial charge is 0.596 e. The van der Waals surface area contributed by atoms with Crippen LogP contribution in [0.3, 0.4) is 0 Å². The number of hydrogen-bond donors (Lipinski definition) is 0. The zero-order chi connectivity index (χ0) is 21.4. The van der Waals surface area contributed by atoms with Gasteiger partial charge in [-0.1, -0.05) is 24.3 Å². The van der Waals surface area contributed by atoms with E-state index in [4.69, 9.17) is 9.31 Å². The Morgan fingerprint density at radius 3 is 2.03 bits per heavy atom. The van der Waals surface area contributed by atoms with Gasteiger partial charge in [-0.15, -0.1) is 0 Å². The van der Waals surface area contributed by atoms with E-state index in [0.29, 0.717) is 11.0 Å². The molecule has 2 fully saturated rings. The van der Waals surface area contributed by atoms with Crippen LogP contribution in [-0.4, -0.2) is 41.1 Å². The minimum Gasteiger partial charge on any atom is -0.596 e. The van der Waals surface area contributed by atoms with E-state index >= 15 is 0 Å². The Morgan fingerprint density at radius 2 is 1.48 bits per heavy atom. The number of hydrogen-bond acceptors (Lipinski definition) is 4. The fraction of sp³-hybridized carbons (Fsp3) is 0.333. The van der Waals surface area contributed by atoms with Crippen LogP contribution < -0.4 is 5.46 Å². The molecule has 0 unspecified atom stereocenters. The van der Waals surface area contributed by atoms with E-state index in [0.717, 1.165) is 6.07 Å².